The second-order valence-electron chi connectivity index (χ2n) is 3.93. The summed E-state index contributed by atoms with van der Waals surface area (Å²) >= 11 is 0. The third kappa shape index (κ3) is 3.39. The van der Waals surface area contributed by atoms with Gasteiger partial charge >= 0.3 is 0 Å². The van der Waals surface area contributed by atoms with E-state index in [4.69, 9.17) is 5.73 Å². The highest BCUT2D eigenvalue weighted by molar-refractivity contribution is 7.85. The minimum atomic E-state index is -0.661. The molecule has 2 N–H and O–H groups in total. The molecule has 1 aliphatic rings. The SMILES string of the molecule is CCCCS(=O)C1CCCCC1N. The van der Waals surface area contributed by atoms with Crippen molar-refractivity contribution in [2.24, 2.45) is 5.73 Å². The Labute approximate surface area is 83.7 Å². The lowest BCUT2D eigenvalue weighted by Crippen LogP contribution is -2.41. The Morgan fingerprint density at radius 1 is 1.38 bits per heavy atom. The summed E-state index contributed by atoms with van der Waals surface area (Å²) in [5.41, 5.74) is 5.96. The van der Waals surface area contributed by atoms with E-state index in [9.17, 15) is 4.21 Å². The first kappa shape index (κ1) is 11.2. The van der Waals surface area contributed by atoms with Crippen LogP contribution in [0.25, 0.3) is 0 Å². The van der Waals surface area contributed by atoms with Crippen LogP contribution in [0.5, 0.6) is 0 Å². The smallest absolute Gasteiger partial charge is 0.0499 e. The first-order valence-corrected chi connectivity index (χ1v) is 6.76. The summed E-state index contributed by atoms with van der Waals surface area (Å²) in [6.45, 7) is 2.14. The Bertz CT molecular complexity index is 172. The first-order valence-electron chi connectivity index (χ1n) is 5.38. The monoisotopic (exact) mass is 203 g/mol. The van der Waals surface area contributed by atoms with Crippen LogP contribution in [0.1, 0.15) is 45.4 Å². The second-order valence-corrected chi connectivity index (χ2v) is 5.70. The van der Waals surface area contributed by atoms with Crippen molar-refractivity contribution in [2.45, 2.75) is 56.7 Å². The molecule has 78 valence electrons. The van der Waals surface area contributed by atoms with Crippen LogP contribution >= 0.6 is 0 Å². The lowest BCUT2D eigenvalue weighted by Gasteiger charge is -2.27. The van der Waals surface area contributed by atoms with E-state index in [0.717, 1.165) is 31.4 Å². The Morgan fingerprint density at radius 2 is 2.08 bits per heavy atom. The Kier molecular flexibility index (Phi) is 4.96. The molecule has 0 aromatic rings. The normalized spacial score (nSPS) is 31.5. The van der Waals surface area contributed by atoms with Crippen LogP contribution in [0.15, 0.2) is 0 Å². The molecule has 0 amide bonds. The first-order chi connectivity index (χ1) is 6.25. The lowest BCUT2D eigenvalue weighted by atomic mass is 9.96. The molecule has 0 spiro atoms. The molecule has 0 aliphatic heterocycles. The van der Waals surface area contributed by atoms with E-state index in [1.54, 1.807) is 0 Å². The maximum atomic E-state index is 11.8. The molecular weight excluding hydrogens is 182 g/mol. The minimum absolute atomic E-state index is 0.200. The fraction of sp³-hybridized carbons (Fsp3) is 1.00. The second kappa shape index (κ2) is 5.76. The maximum absolute atomic E-state index is 11.8. The molecule has 0 aromatic heterocycles. The Morgan fingerprint density at radius 3 is 2.69 bits per heavy atom. The van der Waals surface area contributed by atoms with Gasteiger partial charge in [0.2, 0.25) is 0 Å². The highest BCUT2D eigenvalue weighted by atomic mass is 32.2. The van der Waals surface area contributed by atoms with Crippen molar-refractivity contribution in [3.8, 4) is 0 Å². The van der Waals surface area contributed by atoms with Crippen LogP contribution in [-0.4, -0.2) is 21.3 Å². The molecule has 1 rings (SSSR count). The van der Waals surface area contributed by atoms with Crippen LogP contribution in [0, 0.1) is 0 Å². The Balaban J connectivity index is 2.35. The summed E-state index contributed by atoms with van der Waals surface area (Å²) in [5.74, 6) is 0.856. The maximum Gasteiger partial charge on any atom is 0.0499 e. The Hall–Kier alpha value is 0.110. The van der Waals surface area contributed by atoms with Gasteiger partial charge in [-0.1, -0.05) is 26.2 Å². The van der Waals surface area contributed by atoms with Gasteiger partial charge in [-0.3, -0.25) is 4.21 Å². The highest BCUT2D eigenvalue weighted by Gasteiger charge is 2.26. The van der Waals surface area contributed by atoms with Gasteiger partial charge in [-0.25, -0.2) is 0 Å². The van der Waals surface area contributed by atoms with Crippen molar-refractivity contribution in [2.75, 3.05) is 5.75 Å². The molecule has 3 unspecified atom stereocenters. The minimum Gasteiger partial charge on any atom is -0.327 e. The van der Waals surface area contributed by atoms with Crippen molar-refractivity contribution < 1.29 is 4.21 Å². The summed E-state index contributed by atoms with van der Waals surface area (Å²) in [4.78, 5) is 0. The molecule has 0 aromatic carbocycles. The third-order valence-corrected chi connectivity index (χ3v) is 4.74. The van der Waals surface area contributed by atoms with Crippen molar-refractivity contribution in [1.29, 1.82) is 0 Å². The summed E-state index contributed by atoms with van der Waals surface area (Å²) in [6, 6.07) is 0.200. The van der Waals surface area contributed by atoms with Crippen LogP contribution in [0.3, 0.4) is 0 Å². The molecule has 1 saturated carbocycles. The molecule has 0 saturated heterocycles. The van der Waals surface area contributed by atoms with Crippen LogP contribution in [0.4, 0.5) is 0 Å². The van der Waals surface area contributed by atoms with Gasteiger partial charge in [-0.15, -0.1) is 0 Å². The largest absolute Gasteiger partial charge is 0.327 e. The zero-order chi connectivity index (χ0) is 9.68. The van der Waals surface area contributed by atoms with Gasteiger partial charge in [0.25, 0.3) is 0 Å². The molecule has 2 nitrogen and oxygen atoms in total. The fourth-order valence-electron chi connectivity index (χ4n) is 1.89. The number of nitrogens with two attached hydrogens (primary N) is 1. The lowest BCUT2D eigenvalue weighted by molar-refractivity contribution is 0.445. The molecule has 1 aliphatic carbocycles. The van der Waals surface area contributed by atoms with Crippen molar-refractivity contribution in [3.63, 3.8) is 0 Å². The van der Waals surface area contributed by atoms with Crippen molar-refractivity contribution >= 4 is 10.8 Å². The average molecular weight is 203 g/mol. The van der Waals surface area contributed by atoms with Crippen LogP contribution in [0.2, 0.25) is 0 Å². The highest BCUT2D eigenvalue weighted by Crippen LogP contribution is 2.21. The molecule has 1 fully saturated rings. The van der Waals surface area contributed by atoms with Gasteiger partial charge in [0.1, 0.15) is 0 Å². The zero-order valence-corrected chi connectivity index (χ0v) is 9.31. The molecule has 0 radical (unpaired) electrons. The quantitative estimate of drug-likeness (QED) is 0.757. The molecule has 0 heterocycles. The number of unbranched alkanes of at least 4 members (excludes halogenated alkanes) is 1. The summed E-state index contributed by atoms with van der Waals surface area (Å²) in [5, 5.41) is 0.292. The molecule has 3 heteroatoms. The van der Waals surface area contributed by atoms with Gasteiger partial charge in [-0.05, 0) is 19.3 Å². The standard InChI is InChI=1S/C10H21NOS/c1-2-3-8-13(12)10-7-5-4-6-9(10)11/h9-10H,2-8,11H2,1H3. The van der Waals surface area contributed by atoms with E-state index in [-0.39, 0.29) is 6.04 Å². The molecular formula is C10H21NOS. The fourth-order valence-corrected chi connectivity index (χ4v) is 3.72. The van der Waals surface area contributed by atoms with Gasteiger partial charge in [0.05, 0.1) is 0 Å². The average Bonchev–Trinajstić information content (AvgIpc) is 2.15. The summed E-state index contributed by atoms with van der Waals surface area (Å²) in [7, 11) is -0.661. The number of hydrogen-bond donors (Lipinski definition) is 1. The topological polar surface area (TPSA) is 43.1 Å². The molecule has 13 heavy (non-hydrogen) atoms. The summed E-state index contributed by atoms with van der Waals surface area (Å²) in [6.07, 6.45) is 6.81. The van der Waals surface area contributed by atoms with Gasteiger partial charge in [-0.2, -0.15) is 0 Å². The third-order valence-electron chi connectivity index (χ3n) is 2.79. The molecule has 0 bridgehead atoms. The number of hydrogen-bond acceptors (Lipinski definition) is 2. The van der Waals surface area contributed by atoms with Crippen LogP contribution < -0.4 is 5.73 Å². The van der Waals surface area contributed by atoms with Gasteiger partial charge < -0.3 is 5.73 Å². The van der Waals surface area contributed by atoms with E-state index in [2.05, 4.69) is 6.92 Å². The zero-order valence-electron chi connectivity index (χ0n) is 8.50. The summed E-state index contributed by atoms with van der Waals surface area (Å²) < 4.78 is 11.8. The van der Waals surface area contributed by atoms with Gasteiger partial charge in [0.15, 0.2) is 0 Å². The van der Waals surface area contributed by atoms with Crippen molar-refractivity contribution in [1.82, 2.24) is 0 Å². The van der Waals surface area contributed by atoms with Crippen molar-refractivity contribution in [3.05, 3.63) is 0 Å². The predicted molar refractivity (Wildman–Crippen MR) is 58.1 cm³/mol. The van der Waals surface area contributed by atoms with E-state index >= 15 is 0 Å². The van der Waals surface area contributed by atoms with E-state index < -0.39 is 10.8 Å². The van der Waals surface area contributed by atoms with Crippen LogP contribution in [-0.2, 0) is 10.8 Å². The molecule has 3 atom stereocenters. The van der Waals surface area contributed by atoms with E-state index in [1.807, 2.05) is 0 Å². The van der Waals surface area contributed by atoms with E-state index in [0.29, 0.717) is 5.25 Å². The van der Waals surface area contributed by atoms with E-state index in [1.165, 1.54) is 12.8 Å². The predicted octanol–water partition coefficient (Wildman–Crippen LogP) is 1.81. The number of rotatable bonds is 4. The van der Waals surface area contributed by atoms with Gasteiger partial charge in [0, 0.05) is 27.8 Å².